The second-order valence-electron chi connectivity index (χ2n) is 3.83. The molecule has 8 heteroatoms. The van der Waals surface area contributed by atoms with E-state index in [1.54, 1.807) is 24.3 Å². The van der Waals surface area contributed by atoms with E-state index >= 15 is 0 Å². The van der Waals surface area contributed by atoms with Gasteiger partial charge >= 0.3 is 0 Å². The van der Waals surface area contributed by atoms with Gasteiger partial charge in [-0.3, -0.25) is 9.59 Å². The molecule has 0 bridgehead atoms. The van der Waals surface area contributed by atoms with Gasteiger partial charge in [0.25, 0.3) is 0 Å². The van der Waals surface area contributed by atoms with Gasteiger partial charge in [0.15, 0.2) is 0 Å². The Kier molecular flexibility index (Phi) is 8.91. The lowest BCUT2D eigenvalue weighted by Crippen LogP contribution is -2.45. The maximum atomic E-state index is 11.6. The molecule has 0 radical (unpaired) electrons. The molecular weight excluding hydrogens is 305 g/mol. The molecule has 0 aliphatic heterocycles. The first-order valence-corrected chi connectivity index (χ1v) is 5.98. The van der Waals surface area contributed by atoms with Crippen LogP contribution in [0.4, 0.5) is 5.69 Å². The van der Waals surface area contributed by atoms with E-state index in [0.29, 0.717) is 10.7 Å². The van der Waals surface area contributed by atoms with E-state index in [1.807, 2.05) is 0 Å². The molecule has 1 atom stereocenters. The first-order chi connectivity index (χ1) is 9.02. The number of ether oxygens (including phenoxy) is 1. The summed E-state index contributed by atoms with van der Waals surface area (Å²) in [6.45, 7) is -0.0521. The number of hydrogen-bond acceptors (Lipinski definition) is 4. The highest BCUT2D eigenvalue weighted by atomic mass is 35.5. The molecule has 6 nitrogen and oxygen atoms in total. The molecule has 0 aliphatic carbocycles. The second kappa shape index (κ2) is 9.55. The fourth-order valence-electron chi connectivity index (χ4n) is 1.29. The summed E-state index contributed by atoms with van der Waals surface area (Å²) in [6, 6.07) is 5.86. The van der Waals surface area contributed by atoms with Gasteiger partial charge in [0, 0.05) is 17.8 Å². The van der Waals surface area contributed by atoms with Crippen LogP contribution in [0.25, 0.3) is 0 Å². The fraction of sp³-hybridized carbons (Fsp3) is 0.333. The molecule has 2 amide bonds. The van der Waals surface area contributed by atoms with Gasteiger partial charge in [-0.1, -0.05) is 11.6 Å². The average Bonchev–Trinajstić information content (AvgIpc) is 2.39. The Bertz CT molecular complexity index is 440. The van der Waals surface area contributed by atoms with Crippen molar-refractivity contribution in [2.45, 2.75) is 6.04 Å². The largest absolute Gasteiger partial charge is 0.383 e. The number of amides is 2. The van der Waals surface area contributed by atoms with Crippen LogP contribution in [0.5, 0.6) is 0 Å². The molecule has 112 valence electrons. The topological polar surface area (TPSA) is 93.4 Å². The molecule has 0 saturated heterocycles. The van der Waals surface area contributed by atoms with Crippen molar-refractivity contribution < 1.29 is 14.3 Å². The number of anilines is 1. The predicted molar refractivity (Wildman–Crippen MR) is 80.2 cm³/mol. The maximum absolute atomic E-state index is 11.6. The van der Waals surface area contributed by atoms with Crippen LogP contribution < -0.4 is 16.4 Å². The van der Waals surface area contributed by atoms with Crippen LogP contribution in [0.3, 0.4) is 0 Å². The molecule has 0 aliphatic rings. The summed E-state index contributed by atoms with van der Waals surface area (Å²) in [6.07, 6.45) is 0. The number of carbonyl (C=O) groups excluding carboxylic acids is 2. The predicted octanol–water partition coefficient (Wildman–Crippen LogP) is 0.790. The summed E-state index contributed by atoms with van der Waals surface area (Å²) < 4.78 is 4.74. The van der Waals surface area contributed by atoms with Crippen molar-refractivity contribution >= 4 is 41.5 Å². The van der Waals surface area contributed by atoms with Gasteiger partial charge in [-0.15, -0.1) is 12.4 Å². The van der Waals surface area contributed by atoms with Crippen LogP contribution in [0, 0.1) is 0 Å². The molecule has 1 aromatic rings. The van der Waals surface area contributed by atoms with E-state index in [-0.39, 0.29) is 31.5 Å². The van der Waals surface area contributed by atoms with Gasteiger partial charge in [0.05, 0.1) is 13.2 Å². The Morgan fingerprint density at radius 3 is 2.50 bits per heavy atom. The fourth-order valence-corrected chi connectivity index (χ4v) is 1.42. The number of halogens is 2. The lowest BCUT2D eigenvalue weighted by atomic mass is 10.3. The van der Waals surface area contributed by atoms with Crippen LogP contribution in [-0.2, 0) is 14.3 Å². The Morgan fingerprint density at radius 2 is 1.95 bits per heavy atom. The van der Waals surface area contributed by atoms with E-state index in [9.17, 15) is 9.59 Å². The lowest BCUT2D eigenvalue weighted by molar-refractivity contribution is -0.126. The first-order valence-electron chi connectivity index (χ1n) is 5.60. The molecule has 1 aromatic carbocycles. The van der Waals surface area contributed by atoms with Crippen LogP contribution in [0.1, 0.15) is 0 Å². The van der Waals surface area contributed by atoms with Crippen molar-refractivity contribution in [1.82, 2.24) is 5.32 Å². The van der Waals surface area contributed by atoms with E-state index in [0.717, 1.165) is 0 Å². The van der Waals surface area contributed by atoms with E-state index in [1.165, 1.54) is 7.11 Å². The zero-order valence-electron chi connectivity index (χ0n) is 10.9. The van der Waals surface area contributed by atoms with Crippen molar-refractivity contribution in [2.75, 3.05) is 25.6 Å². The second-order valence-corrected chi connectivity index (χ2v) is 4.27. The minimum atomic E-state index is -0.784. The van der Waals surface area contributed by atoms with Gasteiger partial charge in [-0.2, -0.15) is 0 Å². The maximum Gasteiger partial charge on any atom is 0.243 e. The van der Waals surface area contributed by atoms with E-state index < -0.39 is 11.9 Å². The number of nitrogens with two attached hydrogens (primary N) is 1. The monoisotopic (exact) mass is 321 g/mol. The molecular formula is C12H17Cl2N3O3. The smallest absolute Gasteiger partial charge is 0.243 e. The van der Waals surface area contributed by atoms with Crippen molar-refractivity contribution in [3.63, 3.8) is 0 Å². The molecule has 0 heterocycles. The van der Waals surface area contributed by atoms with Gasteiger partial charge in [-0.25, -0.2) is 0 Å². The van der Waals surface area contributed by atoms with Gasteiger partial charge in [0.1, 0.15) is 6.04 Å². The Hall–Kier alpha value is -1.34. The van der Waals surface area contributed by atoms with E-state index in [4.69, 9.17) is 22.1 Å². The highest BCUT2D eigenvalue weighted by Gasteiger charge is 2.13. The molecule has 0 spiro atoms. The molecule has 1 unspecified atom stereocenters. The van der Waals surface area contributed by atoms with Gasteiger partial charge in [0.2, 0.25) is 11.8 Å². The number of hydrogen-bond donors (Lipinski definition) is 3. The Labute approximate surface area is 128 Å². The molecule has 0 fully saturated rings. The Morgan fingerprint density at radius 1 is 1.35 bits per heavy atom. The third-order valence-electron chi connectivity index (χ3n) is 2.23. The molecule has 20 heavy (non-hydrogen) atoms. The van der Waals surface area contributed by atoms with Crippen molar-refractivity contribution in [2.24, 2.45) is 5.73 Å². The van der Waals surface area contributed by atoms with Crippen LogP contribution >= 0.6 is 24.0 Å². The summed E-state index contributed by atoms with van der Waals surface area (Å²) in [5, 5.41) is 5.61. The Balaban J connectivity index is 0.00000361. The van der Waals surface area contributed by atoms with Crippen molar-refractivity contribution in [3.05, 3.63) is 29.3 Å². The number of methoxy groups -OCH3 is 1. The zero-order valence-corrected chi connectivity index (χ0v) is 12.5. The normalized spacial score (nSPS) is 11.2. The average molecular weight is 322 g/mol. The molecule has 4 N–H and O–H groups in total. The first kappa shape index (κ1) is 18.7. The molecule has 0 saturated carbocycles. The standard InChI is InChI=1S/C12H16ClN3O3.ClH/c1-19-7-10(14)12(18)15-6-11(17)16-9-4-2-8(13)3-5-9;/h2-5,10H,6-7,14H2,1H3,(H,15,18)(H,16,17);1H. The summed E-state index contributed by atoms with van der Waals surface area (Å²) in [7, 11) is 1.44. The molecule has 0 aromatic heterocycles. The van der Waals surface area contributed by atoms with Gasteiger partial charge < -0.3 is 21.1 Å². The highest BCUT2D eigenvalue weighted by Crippen LogP contribution is 2.12. The lowest BCUT2D eigenvalue weighted by Gasteiger charge is -2.11. The van der Waals surface area contributed by atoms with Crippen molar-refractivity contribution in [3.8, 4) is 0 Å². The number of carbonyl (C=O) groups is 2. The molecule has 1 rings (SSSR count). The third kappa shape index (κ3) is 6.72. The zero-order chi connectivity index (χ0) is 14.3. The summed E-state index contributed by atoms with van der Waals surface area (Å²) in [5.74, 6) is -0.784. The van der Waals surface area contributed by atoms with Crippen molar-refractivity contribution in [1.29, 1.82) is 0 Å². The SMILES string of the molecule is COCC(N)C(=O)NCC(=O)Nc1ccc(Cl)cc1.Cl. The summed E-state index contributed by atoms with van der Waals surface area (Å²) >= 11 is 5.72. The highest BCUT2D eigenvalue weighted by molar-refractivity contribution is 6.30. The van der Waals surface area contributed by atoms with Gasteiger partial charge in [-0.05, 0) is 24.3 Å². The van der Waals surface area contributed by atoms with Crippen LogP contribution in [0.15, 0.2) is 24.3 Å². The minimum absolute atomic E-state index is 0. The summed E-state index contributed by atoms with van der Waals surface area (Å²) in [5.41, 5.74) is 6.10. The number of benzene rings is 1. The van der Waals surface area contributed by atoms with E-state index in [2.05, 4.69) is 10.6 Å². The summed E-state index contributed by atoms with van der Waals surface area (Å²) in [4.78, 5) is 23.0. The number of nitrogens with one attached hydrogen (secondary N) is 2. The number of rotatable bonds is 6. The third-order valence-corrected chi connectivity index (χ3v) is 2.49. The van der Waals surface area contributed by atoms with Crippen LogP contribution in [0.2, 0.25) is 5.02 Å². The minimum Gasteiger partial charge on any atom is -0.383 e. The quantitative estimate of drug-likeness (QED) is 0.722. The van der Waals surface area contributed by atoms with Crippen LogP contribution in [-0.4, -0.2) is 38.1 Å².